The van der Waals surface area contributed by atoms with Crippen LogP contribution in [0.5, 0.6) is 5.75 Å². The van der Waals surface area contributed by atoms with E-state index in [-0.39, 0.29) is 16.4 Å². The van der Waals surface area contributed by atoms with E-state index in [0.29, 0.717) is 25.4 Å². The summed E-state index contributed by atoms with van der Waals surface area (Å²) in [6, 6.07) is 13.9. The van der Waals surface area contributed by atoms with Gasteiger partial charge in [0.15, 0.2) is 0 Å². The molecule has 0 N–H and O–H groups in total. The molecule has 9 heteroatoms. The smallest absolute Gasteiger partial charge is 0.288 e. The monoisotopic (exact) mass is 412 g/mol. The van der Waals surface area contributed by atoms with Crippen LogP contribution >= 0.6 is 12.2 Å². The maximum absolute atomic E-state index is 11.0. The van der Waals surface area contributed by atoms with Crippen molar-refractivity contribution in [3.05, 3.63) is 81.7 Å². The summed E-state index contributed by atoms with van der Waals surface area (Å²) in [6.07, 6.45) is 1.70. The zero-order valence-corrected chi connectivity index (χ0v) is 16.7. The quantitative estimate of drug-likeness (QED) is 0.222. The van der Waals surface area contributed by atoms with Gasteiger partial charge < -0.3 is 9.15 Å². The molecule has 1 heterocycles. The highest BCUT2D eigenvalue weighted by Gasteiger charge is 2.13. The minimum Gasteiger partial charge on any atom is -0.490 e. The lowest BCUT2D eigenvalue weighted by Crippen LogP contribution is -2.22. The molecule has 150 valence electrons. The fourth-order valence-corrected chi connectivity index (χ4v) is 2.88. The second-order valence-electron chi connectivity index (χ2n) is 6.38. The molecule has 0 aliphatic rings. The zero-order chi connectivity index (χ0) is 20.8. The van der Waals surface area contributed by atoms with Crippen LogP contribution in [0, 0.1) is 15.0 Å². The lowest BCUT2D eigenvalue weighted by Gasteiger charge is -2.16. The SMILES string of the molecule is C=CCOc1ccc(CN(C)Cn2nc(-c3cccc([N+](=O)[O-])c3)oc2=S)cc1. The zero-order valence-electron chi connectivity index (χ0n) is 15.9. The fraction of sp³-hybridized carbons (Fsp3) is 0.200. The van der Waals surface area contributed by atoms with Crippen LogP contribution < -0.4 is 4.74 Å². The molecule has 0 radical (unpaired) electrons. The lowest BCUT2D eigenvalue weighted by atomic mass is 10.2. The number of ether oxygens (including phenoxy) is 1. The number of hydrogen-bond donors (Lipinski definition) is 0. The number of nitro benzene ring substituents is 1. The Bertz CT molecular complexity index is 1060. The predicted molar refractivity (Wildman–Crippen MR) is 111 cm³/mol. The first-order valence-electron chi connectivity index (χ1n) is 8.80. The van der Waals surface area contributed by atoms with Crippen molar-refractivity contribution in [3.8, 4) is 17.2 Å². The van der Waals surface area contributed by atoms with Crippen LogP contribution in [0.2, 0.25) is 0 Å². The molecular formula is C20H20N4O4S. The van der Waals surface area contributed by atoms with Gasteiger partial charge in [-0.15, -0.1) is 5.10 Å². The van der Waals surface area contributed by atoms with Crippen molar-refractivity contribution in [2.45, 2.75) is 13.2 Å². The highest BCUT2D eigenvalue weighted by molar-refractivity contribution is 7.71. The van der Waals surface area contributed by atoms with Crippen molar-refractivity contribution in [2.75, 3.05) is 13.7 Å². The summed E-state index contributed by atoms with van der Waals surface area (Å²) < 4.78 is 12.6. The fourth-order valence-electron chi connectivity index (χ4n) is 2.70. The minimum absolute atomic E-state index is 0.0317. The molecule has 0 saturated heterocycles. The normalized spacial score (nSPS) is 10.8. The van der Waals surface area contributed by atoms with Gasteiger partial charge in [-0.05, 0) is 43.0 Å². The third-order valence-corrected chi connectivity index (χ3v) is 4.32. The summed E-state index contributed by atoms with van der Waals surface area (Å²) in [7, 11) is 1.94. The molecule has 8 nitrogen and oxygen atoms in total. The molecule has 0 atom stereocenters. The Labute approximate surface area is 172 Å². The van der Waals surface area contributed by atoms with Crippen LogP contribution in [-0.4, -0.2) is 33.3 Å². The van der Waals surface area contributed by atoms with Crippen molar-refractivity contribution in [2.24, 2.45) is 0 Å². The molecule has 0 bridgehead atoms. The third kappa shape index (κ3) is 5.37. The van der Waals surface area contributed by atoms with Crippen molar-refractivity contribution in [1.29, 1.82) is 0 Å². The van der Waals surface area contributed by atoms with E-state index < -0.39 is 4.92 Å². The van der Waals surface area contributed by atoms with Crippen molar-refractivity contribution in [1.82, 2.24) is 14.7 Å². The maximum atomic E-state index is 11.0. The lowest BCUT2D eigenvalue weighted by molar-refractivity contribution is -0.384. The maximum Gasteiger partial charge on any atom is 0.288 e. The van der Waals surface area contributed by atoms with Crippen LogP contribution in [0.25, 0.3) is 11.5 Å². The summed E-state index contributed by atoms with van der Waals surface area (Å²) in [6.45, 7) is 5.17. The molecule has 0 fully saturated rings. The van der Waals surface area contributed by atoms with Gasteiger partial charge in [0.25, 0.3) is 10.5 Å². The second-order valence-corrected chi connectivity index (χ2v) is 6.73. The van der Waals surface area contributed by atoms with Gasteiger partial charge in [0.05, 0.1) is 11.6 Å². The van der Waals surface area contributed by atoms with Gasteiger partial charge in [0.1, 0.15) is 12.4 Å². The average molecular weight is 412 g/mol. The molecule has 0 aliphatic carbocycles. The van der Waals surface area contributed by atoms with Crippen molar-refractivity contribution < 1.29 is 14.1 Å². The Balaban J connectivity index is 1.67. The van der Waals surface area contributed by atoms with Crippen LogP contribution in [0.3, 0.4) is 0 Å². The number of benzene rings is 2. The Morgan fingerprint density at radius 3 is 2.79 bits per heavy atom. The van der Waals surface area contributed by atoms with E-state index in [0.717, 1.165) is 11.3 Å². The molecule has 0 unspecified atom stereocenters. The van der Waals surface area contributed by atoms with Gasteiger partial charge in [-0.3, -0.25) is 15.0 Å². The molecule has 1 aromatic heterocycles. The van der Waals surface area contributed by atoms with E-state index >= 15 is 0 Å². The Morgan fingerprint density at radius 2 is 2.10 bits per heavy atom. The van der Waals surface area contributed by atoms with Gasteiger partial charge in [0.2, 0.25) is 5.89 Å². The summed E-state index contributed by atoms with van der Waals surface area (Å²) in [5, 5.41) is 15.3. The van der Waals surface area contributed by atoms with Gasteiger partial charge in [-0.25, -0.2) is 4.68 Å². The van der Waals surface area contributed by atoms with Crippen molar-refractivity contribution >= 4 is 17.9 Å². The van der Waals surface area contributed by atoms with E-state index in [4.69, 9.17) is 21.4 Å². The van der Waals surface area contributed by atoms with E-state index in [9.17, 15) is 10.1 Å². The highest BCUT2D eigenvalue weighted by Crippen LogP contribution is 2.23. The number of aromatic nitrogens is 2. The van der Waals surface area contributed by atoms with Gasteiger partial charge in [-0.2, -0.15) is 0 Å². The number of hydrogen-bond acceptors (Lipinski definition) is 7. The van der Waals surface area contributed by atoms with Crippen LogP contribution in [0.4, 0.5) is 5.69 Å². The molecule has 0 saturated carbocycles. The molecule has 2 aromatic carbocycles. The van der Waals surface area contributed by atoms with E-state index in [1.807, 2.05) is 36.2 Å². The van der Waals surface area contributed by atoms with Gasteiger partial charge >= 0.3 is 0 Å². The second kappa shape index (κ2) is 9.26. The van der Waals surface area contributed by atoms with Crippen LogP contribution in [0.15, 0.2) is 65.6 Å². The molecular weight excluding hydrogens is 392 g/mol. The van der Waals surface area contributed by atoms with Gasteiger partial charge in [-0.1, -0.05) is 30.9 Å². The Morgan fingerprint density at radius 1 is 1.34 bits per heavy atom. The summed E-state index contributed by atoms with van der Waals surface area (Å²) >= 11 is 5.25. The first-order valence-corrected chi connectivity index (χ1v) is 9.21. The van der Waals surface area contributed by atoms with E-state index in [1.165, 1.54) is 12.1 Å². The third-order valence-electron chi connectivity index (χ3n) is 4.03. The molecule has 3 rings (SSSR count). The van der Waals surface area contributed by atoms with Crippen molar-refractivity contribution in [3.63, 3.8) is 0 Å². The summed E-state index contributed by atoms with van der Waals surface area (Å²) in [5.74, 6) is 1.03. The van der Waals surface area contributed by atoms with Gasteiger partial charge in [0, 0.05) is 24.2 Å². The number of non-ortho nitro benzene ring substituents is 1. The Kier molecular flexibility index (Phi) is 6.53. The predicted octanol–water partition coefficient (Wildman–Crippen LogP) is 4.44. The topological polar surface area (TPSA) is 86.6 Å². The minimum atomic E-state index is -0.462. The molecule has 3 aromatic rings. The first kappa shape index (κ1) is 20.4. The summed E-state index contributed by atoms with van der Waals surface area (Å²) in [4.78, 5) is 12.7. The molecule has 0 aliphatic heterocycles. The number of nitro groups is 1. The van der Waals surface area contributed by atoms with E-state index in [2.05, 4.69) is 11.7 Å². The first-order chi connectivity index (χ1) is 14.0. The standard InChI is InChI=1S/C20H20N4O4S/c1-3-11-27-18-9-7-15(8-10-18)13-22(2)14-23-20(29)28-19(21-23)16-5-4-6-17(12-16)24(25)26/h3-10,12H,1,11,13-14H2,2H3. The number of nitrogens with zero attached hydrogens (tertiary/aromatic N) is 4. The van der Waals surface area contributed by atoms with Crippen LogP contribution in [-0.2, 0) is 13.2 Å². The van der Waals surface area contributed by atoms with Crippen LogP contribution in [0.1, 0.15) is 5.56 Å². The average Bonchev–Trinajstić information content (AvgIpc) is 3.07. The molecule has 0 spiro atoms. The Hall–Kier alpha value is -3.30. The number of rotatable bonds is 9. The highest BCUT2D eigenvalue weighted by atomic mass is 32.1. The largest absolute Gasteiger partial charge is 0.490 e. The molecule has 29 heavy (non-hydrogen) atoms. The van der Waals surface area contributed by atoms with E-state index in [1.54, 1.807) is 22.9 Å². The molecule has 0 amide bonds. The summed E-state index contributed by atoms with van der Waals surface area (Å²) in [5.41, 5.74) is 1.57.